The van der Waals surface area contributed by atoms with Gasteiger partial charge in [-0.25, -0.2) is 14.8 Å². The van der Waals surface area contributed by atoms with E-state index in [9.17, 15) is 9.59 Å². The van der Waals surface area contributed by atoms with Crippen LogP contribution in [0.4, 0.5) is 0 Å². The maximum atomic E-state index is 12.3. The maximum absolute atomic E-state index is 12.3. The number of rotatable bonds is 5. The molecule has 3 rings (SSSR count). The molecule has 0 bridgehead atoms. The zero-order valence-electron chi connectivity index (χ0n) is 13.3. The van der Waals surface area contributed by atoms with Crippen LogP contribution in [0.1, 0.15) is 23.1 Å². The average Bonchev–Trinajstić information content (AvgIpc) is 3.20. The first-order valence-electron chi connectivity index (χ1n) is 7.21. The summed E-state index contributed by atoms with van der Waals surface area (Å²) in [6.45, 7) is 3.52. The molecule has 0 aliphatic carbocycles. The minimum atomic E-state index is -0.924. The number of methoxy groups -OCH3 is 1. The second-order valence-corrected chi connectivity index (χ2v) is 4.92. The van der Waals surface area contributed by atoms with Crippen LogP contribution in [0.3, 0.4) is 0 Å². The number of carbonyl (C=O) groups excluding carboxylic acids is 2. The molecule has 0 spiro atoms. The Morgan fingerprint density at radius 2 is 2.12 bits per heavy atom. The van der Waals surface area contributed by atoms with E-state index < -0.39 is 11.8 Å². The van der Waals surface area contributed by atoms with Crippen LogP contribution >= 0.6 is 0 Å². The molecule has 24 heavy (non-hydrogen) atoms. The molecule has 0 saturated carbocycles. The molecule has 0 fully saturated rings. The Balaban J connectivity index is 2.20. The van der Waals surface area contributed by atoms with Crippen LogP contribution in [0.5, 0.6) is 5.75 Å². The first-order chi connectivity index (χ1) is 11.6. The zero-order valence-corrected chi connectivity index (χ0v) is 13.3. The van der Waals surface area contributed by atoms with E-state index in [-0.39, 0.29) is 12.2 Å². The molecule has 0 aliphatic rings. The number of ether oxygens (including phenoxy) is 2. The predicted molar refractivity (Wildman–Crippen MR) is 83.7 cm³/mol. The Bertz CT molecular complexity index is 927. The minimum Gasteiger partial charge on any atom is -0.494 e. The van der Waals surface area contributed by atoms with Gasteiger partial charge in [-0.2, -0.15) is 5.10 Å². The lowest BCUT2D eigenvalue weighted by Crippen LogP contribution is -2.17. The molecular formula is C15H15N5O4. The van der Waals surface area contributed by atoms with Crippen molar-refractivity contribution in [2.24, 2.45) is 0 Å². The van der Waals surface area contributed by atoms with Gasteiger partial charge < -0.3 is 14.5 Å². The third kappa shape index (κ3) is 2.49. The fraction of sp³-hybridized carbons (Fsp3) is 0.267. The normalized spacial score (nSPS) is 10.8. The first-order valence-corrected chi connectivity index (χ1v) is 7.21. The van der Waals surface area contributed by atoms with Crippen LogP contribution < -0.4 is 4.74 Å². The standard InChI is InChI=1S/C15H15N5O4/c1-4-24-15(22)13(21)8-5-16-11-10(8)9(23-3)6-17-12(11)14-18-7(2)19-20-14/h5-6,16H,4H2,1-3H3,(H,18,19,20). The monoisotopic (exact) mass is 329 g/mol. The van der Waals surface area contributed by atoms with Crippen molar-refractivity contribution < 1.29 is 19.1 Å². The number of hydrogen-bond acceptors (Lipinski definition) is 7. The van der Waals surface area contributed by atoms with Gasteiger partial charge in [-0.15, -0.1) is 0 Å². The van der Waals surface area contributed by atoms with E-state index in [0.717, 1.165) is 0 Å². The van der Waals surface area contributed by atoms with Crippen molar-refractivity contribution in [2.45, 2.75) is 13.8 Å². The molecule has 124 valence electrons. The number of aromatic amines is 2. The van der Waals surface area contributed by atoms with Gasteiger partial charge in [0.25, 0.3) is 5.78 Å². The van der Waals surface area contributed by atoms with Gasteiger partial charge in [0, 0.05) is 6.20 Å². The van der Waals surface area contributed by atoms with E-state index in [1.165, 1.54) is 19.5 Å². The smallest absolute Gasteiger partial charge is 0.379 e. The molecule has 2 N–H and O–H groups in total. The highest BCUT2D eigenvalue weighted by molar-refractivity contribution is 6.43. The van der Waals surface area contributed by atoms with Crippen LogP contribution in [0.25, 0.3) is 22.4 Å². The minimum absolute atomic E-state index is 0.118. The third-order valence-electron chi connectivity index (χ3n) is 3.41. The van der Waals surface area contributed by atoms with E-state index in [1.54, 1.807) is 13.8 Å². The molecule has 3 aromatic rings. The average molecular weight is 329 g/mol. The molecule has 3 heterocycles. The van der Waals surface area contributed by atoms with Crippen molar-refractivity contribution in [3.05, 3.63) is 23.8 Å². The van der Waals surface area contributed by atoms with E-state index in [2.05, 4.69) is 25.1 Å². The SMILES string of the molecule is CCOC(=O)C(=O)c1c[nH]c2c(-c3n[nH]c(C)n3)ncc(OC)c12. The molecule has 9 nitrogen and oxygen atoms in total. The summed E-state index contributed by atoms with van der Waals surface area (Å²) in [5, 5.41) is 7.25. The van der Waals surface area contributed by atoms with E-state index in [1.807, 2.05) is 0 Å². The Morgan fingerprint density at radius 3 is 2.75 bits per heavy atom. The van der Waals surface area contributed by atoms with Gasteiger partial charge in [0.1, 0.15) is 17.3 Å². The zero-order chi connectivity index (χ0) is 17.3. The number of aromatic nitrogens is 5. The van der Waals surface area contributed by atoms with Gasteiger partial charge in [0.15, 0.2) is 0 Å². The highest BCUT2D eigenvalue weighted by atomic mass is 16.5. The van der Waals surface area contributed by atoms with E-state index in [0.29, 0.717) is 34.0 Å². The lowest BCUT2D eigenvalue weighted by Gasteiger charge is -2.06. The summed E-state index contributed by atoms with van der Waals surface area (Å²) >= 11 is 0. The van der Waals surface area contributed by atoms with Gasteiger partial charge in [-0.3, -0.25) is 9.89 Å². The number of nitrogens with zero attached hydrogens (tertiary/aromatic N) is 3. The maximum Gasteiger partial charge on any atom is 0.379 e. The number of fused-ring (bicyclic) bond motifs is 1. The number of carbonyl (C=O) groups is 2. The Morgan fingerprint density at radius 1 is 1.33 bits per heavy atom. The summed E-state index contributed by atoms with van der Waals surface area (Å²) in [6, 6.07) is 0. The number of pyridine rings is 1. The largest absolute Gasteiger partial charge is 0.494 e. The summed E-state index contributed by atoms with van der Waals surface area (Å²) < 4.78 is 10.1. The molecule has 0 saturated heterocycles. The van der Waals surface area contributed by atoms with Gasteiger partial charge in [-0.1, -0.05) is 0 Å². The van der Waals surface area contributed by atoms with Crippen molar-refractivity contribution >= 4 is 22.7 Å². The summed E-state index contributed by atoms with van der Waals surface area (Å²) in [5.41, 5.74) is 1.09. The van der Waals surface area contributed by atoms with Crippen molar-refractivity contribution in [3.8, 4) is 17.3 Å². The number of H-pyrrole nitrogens is 2. The Kier molecular flexibility index (Phi) is 3.98. The van der Waals surface area contributed by atoms with Crippen molar-refractivity contribution in [3.63, 3.8) is 0 Å². The highest BCUT2D eigenvalue weighted by Crippen LogP contribution is 2.33. The Hall–Kier alpha value is -3.23. The fourth-order valence-corrected chi connectivity index (χ4v) is 2.38. The highest BCUT2D eigenvalue weighted by Gasteiger charge is 2.25. The fourth-order valence-electron chi connectivity index (χ4n) is 2.38. The molecule has 0 radical (unpaired) electrons. The van der Waals surface area contributed by atoms with Crippen LogP contribution in [-0.2, 0) is 9.53 Å². The number of esters is 1. The lowest BCUT2D eigenvalue weighted by molar-refractivity contribution is -0.137. The predicted octanol–water partition coefficient (Wildman–Crippen LogP) is 1.41. The molecule has 0 atom stereocenters. The van der Waals surface area contributed by atoms with Crippen LogP contribution in [0, 0.1) is 6.92 Å². The molecule has 0 aromatic carbocycles. The summed E-state index contributed by atoms with van der Waals surface area (Å²) in [5.74, 6) is -0.325. The van der Waals surface area contributed by atoms with Crippen LogP contribution in [0.2, 0.25) is 0 Å². The molecule has 3 aromatic heterocycles. The quantitative estimate of drug-likeness (QED) is 0.412. The topological polar surface area (TPSA) is 123 Å². The molecule has 0 amide bonds. The van der Waals surface area contributed by atoms with E-state index in [4.69, 9.17) is 9.47 Å². The second kappa shape index (κ2) is 6.11. The van der Waals surface area contributed by atoms with Gasteiger partial charge in [0.2, 0.25) is 5.82 Å². The van der Waals surface area contributed by atoms with Gasteiger partial charge in [-0.05, 0) is 13.8 Å². The summed E-state index contributed by atoms with van der Waals surface area (Å²) in [7, 11) is 1.46. The number of nitrogens with one attached hydrogen (secondary N) is 2. The van der Waals surface area contributed by atoms with E-state index >= 15 is 0 Å². The molecular weight excluding hydrogens is 314 g/mol. The van der Waals surface area contributed by atoms with Gasteiger partial charge >= 0.3 is 5.97 Å². The summed E-state index contributed by atoms with van der Waals surface area (Å²) in [6.07, 6.45) is 2.89. The number of Topliss-reactive ketones (excluding diaryl/α,β-unsaturated/α-hetero) is 1. The number of aryl methyl sites for hydroxylation is 1. The van der Waals surface area contributed by atoms with Crippen molar-refractivity contribution in [1.29, 1.82) is 0 Å². The van der Waals surface area contributed by atoms with Crippen molar-refractivity contribution in [1.82, 2.24) is 25.1 Å². The van der Waals surface area contributed by atoms with Crippen LogP contribution in [-0.4, -0.2) is 50.6 Å². The third-order valence-corrected chi connectivity index (χ3v) is 3.41. The first kappa shape index (κ1) is 15.7. The van der Waals surface area contributed by atoms with Crippen molar-refractivity contribution in [2.75, 3.05) is 13.7 Å². The molecule has 9 heteroatoms. The molecule has 0 aliphatic heterocycles. The van der Waals surface area contributed by atoms with Crippen LogP contribution in [0.15, 0.2) is 12.4 Å². The Labute approximate surface area is 136 Å². The molecule has 0 unspecified atom stereocenters. The second-order valence-electron chi connectivity index (χ2n) is 4.92. The number of ketones is 1. The number of hydrogen-bond donors (Lipinski definition) is 2. The lowest BCUT2D eigenvalue weighted by atomic mass is 10.1. The summed E-state index contributed by atoms with van der Waals surface area (Å²) in [4.78, 5) is 35.6. The van der Waals surface area contributed by atoms with Gasteiger partial charge in [0.05, 0.1) is 36.4 Å².